The Labute approximate surface area is 95.2 Å². The largest absolute Gasteiger partial charge is 0.504 e. The van der Waals surface area contributed by atoms with E-state index in [-0.39, 0.29) is 11.7 Å². The molecule has 4 heteroatoms. The fourth-order valence-electron chi connectivity index (χ4n) is 1.31. The van der Waals surface area contributed by atoms with Gasteiger partial charge in [-0.2, -0.15) is 0 Å². The highest BCUT2D eigenvalue weighted by Gasteiger charge is 2.08. The quantitative estimate of drug-likeness (QED) is 0.750. The number of benzene rings is 1. The van der Waals surface area contributed by atoms with Crippen LogP contribution in [0.25, 0.3) is 0 Å². The molecule has 0 saturated heterocycles. The lowest BCUT2D eigenvalue weighted by Crippen LogP contribution is -2.24. The monoisotopic (exact) mass is 223 g/mol. The first kappa shape index (κ1) is 12.4. The van der Waals surface area contributed by atoms with Crippen molar-refractivity contribution in [3.8, 4) is 11.5 Å². The molecule has 0 heterocycles. The van der Waals surface area contributed by atoms with Crippen molar-refractivity contribution < 1.29 is 14.6 Å². The van der Waals surface area contributed by atoms with E-state index < -0.39 is 0 Å². The smallest absolute Gasteiger partial charge is 0.251 e. The van der Waals surface area contributed by atoms with Crippen LogP contribution >= 0.6 is 0 Å². The molecule has 0 bridgehead atoms. The Morgan fingerprint density at radius 3 is 2.81 bits per heavy atom. The number of methoxy groups -OCH3 is 1. The molecule has 2 N–H and O–H groups in total. The zero-order valence-electron chi connectivity index (χ0n) is 9.62. The SMILES string of the molecule is CCCCNC(=O)c1ccc(OC)c(O)c1. The molecule has 0 saturated carbocycles. The van der Waals surface area contributed by atoms with Gasteiger partial charge in [-0.25, -0.2) is 0 Å². The fourth-order valence-corrected chi connectivity index (χ4v) is 1.31. The summed E-state index contributed by atoms with van der Waals surface area (Å²) in [6, 6.07) is 4.60. The minimum atomic E-state index is -0.175. The minimum absolute atomic E-state index is 0.0226. The molecular weight excluding hydrogens is 206 g/mol. The third-order valence-corrected chi connectivity index (χ3v) is 2.26. The number of carbonyl (C=O) groups excluding carboxylic acids is 1. The molecule has 0 atom stereocenters. The van der Waals surface area contributed by atoms with E-state index in [2.05, 4.69) is 12.2 Å². The average Bonchev–Trinajstić information content (AvgIpc) is 2.29. The summed E-state index contributed by atoms with van der Waals surface area (Å²) >= 11 is 0. The van der Waals surface area contributed by atoms with Crippen molar-refractivity contribution in [2.24, 2.45) is 0 Å². The zero-order valence-corrected chi connectivity index (χ0v) is 9.62. The van der Waals surface area contributed by atoms with Crippen LogP contribution in [0, 0.1) is 0 Å². The fraction of sp³-hybridized carbons (Fsp3) is 0.417. The highest BCUT2D eigenvalue weighted by molar-refractivity contribution is 5.94. The Balaban J connectivity index is 2.66. The number of carbonyl (C=O) groups is 1. The molecule has 0 fully saturated rings. The maximum Gasteiger partial charge on any atom is 0.251 e. The van der Waals surface area contributed by atoms with Crippen LogP contribution in [0.1, 0.15) is 30.1 Å². The first-order valence-electron chi connectivity index (χ1n) is 5.34. The van der Waals surface area contributed by atoms with Crippen molar-refractivity contribution in [1.82, 2.24) is 5.32 Å². The Bertz CT molecular complexity index is 363. The van der Waals surface area contributed by atoms with Gasteiger partial charge in [0, 0.05) is 12.1 Å². The average molecular weight is 223 g/mol. The van der Waals surface area contributed by atoms with Crippen LogP contribution in [0.15, 0.2) is 18.2 Å². The molecular formula is C12H17NO3. The Morgan fingerprint density at radius 1 is 1.50 bits per heavy atom. The first-order chi connectivity index (χ1) is 7.69. The predicted octanol–water partition coefficient (Wildman–Crippen LogP) is 1.93. The molecule has 0 spiro atoms. The second-order valence-corrected chi connectivity index (χ2v) is 3.50. The molecule has 1 rings (SSSR count). The summed E-state index contributed by atoms with van der Waals surface area (Å²) in [5, 5.41) is 12.3. The van der Waals surface area contributed by atoms with Crippen molar-refractivity contribution >= 4 is 5.91 Å². The van der Waals surface area contributed by atoms with Crippen LogP contribution in [0.2, 0.25) is 0 Å². The molecule has 4 nitrogen and oxygen atoms in total. The number of hydrogen-bond acceptors (Lipinski definition) is 3. The summed E-state index contributed by atoms with van der Waals surface area (Å²) in [4.78, 5) is 11.6. The van der Waals surface area contributed by atoms with E-state index in [0.717, 1.165) is 12.8 Å². The van der Waals surface area contributed by atoms with Crippen molar-refractivity contribution in [3.63, 3.8) is 0 Å². The van der Waals surface area contributed by atoms with Crippen molar-refractivity contribution in [3.05, 3.63) is 23.8 Å². The van der Waals surface area contributed by atoms with E-state index in [1.165, 1.54) is 13.2 Å². The molecule has 0 aromatic heterocycles. The molecule has 16 heavy (non-hydrogen) atoms. The van der Waals surface area contributed by atoms with Gasteiger partial charge in [0.25, 0.3) is 5.91 Å². The first-order valence-corrected chi connectivity index (χ1v) is 5.34. The third-order valence-electron chi connectivity index (χ3n) is 2.26. The van der Waals surface area contributed by atoms with E-state index in [1.54, 1.807) is 12.1 Å². The molecule has 88 valence electrons. The second kappa shape index (κ2) is 6.00. The molecule has 0 radical (unpaired) electrons. The number of phenolic OH excluding ortho intramolecular Hbond substituents is 1. The highest BCUT2D eigenvalue weighted by Crippen LogP contribution is 2.25. The summed E-state index contributed by atoms with van der Waals surface area (Å²) in [5.41, 5.74) is 0.439. The van der Waals surface area contributed by atoms with Crippen LogP contribution in [-0.2, 0) is 0 Å². The number of unbranched alkanes of at least 4 members (excludes halogenated alkanes) is 1. The Hall–Kier alpha value is -1.71. The minimum Gasteiger partial charge on any atom is -0.504 e. The van der Waals surface area contributed by atoms with E-state index >= 15 is 0 Å². The maximum atomic E-state index is 11.6. The van der Waals surface area contributed by atoms with Gasteiger partial charge in [0.2, 0.25) is 0 Å². The van der Waals surface area contributed by atoms with Crippen LogP contribution in [-0.4, -0.2) is 24.7 Å². The van der Waals surface area contributed by atoms with Gasteiger partial charge in [0.15, 0.2) is 11.5 Å². The van der Waals surface area contributed by atoms with E-state index in [1.807, 2.05) is 0 Å². The van der Waals surface area contributed by atoms with Crippen LogP contribution in [0.5, 0.6) is 11.5 Å². The van der Waals surface area contributed by atoms with Crippen LogP contribution < -0.4 is 10.1 Å². The topological polar surface area (TPSA) is 58.6 Å². The van der Waals surface area contributed by atoms with E-state index in [4.69, 9.17) is 4.74 Å². The molecule has 0 unspecified atom stereocenters. The lowest BCUT2D eigenvalue weighted by atomic mass is 10.2. The Kier molecular flexibility index (Phi) is 4.64. The molecule has 1 aromatic rings. The summed E-state index contributed by atoms with van der Waals surface area (Å²) in [5.74, 6) is 0.169. The number of ether oxygens (including phenoxy) is 1. The van der Waals surface area contributed by atoms with Gasteiger partial charge in [0.05, 0.1) is 7.11 Å². The summed E-state index contributed by atoms with van der Waals surface area (Å²) < 4.78 is 4.90. The van der Waals surface area contributed by atoms with E-state index in [9.17, 15) is 9.90 Å². The van der Waals surface area contributed by atoms with Crippen molar-refractivity contribution in [2.75, 3.05) is 13.7 Å². The second-order valence-electron chi connectivity index (χ2n) is 3.50. The van der Waals surface area contributed by atoms with Gasteiger partial charge < -0.3 is 15.2 Å². The Morgan fingerprint density at radius 2 is 2.25 bits per heavy atom. The third kappa shape index (κ3) is 3.15. The summed E-state index contributed by atoms with van der Waals surface area (Å²) in [7, 11) is 1.47. The van der Waals surface area contributed by atoms with Gasteiger partial charge in [-0.15, -0.1) is 0 Å². The molecule has 1 amide bonds. The number of hydrogen-bond donors (Lipinski definition) is 2. The molecule has 1 aromatic carbocycles. The maximum absolute atomic E-state index is 11.6. The van der Waals surface area contributed by atoms with Gasteiger partial charge in [0.1, 0.15) is 0 Å². The number of nitrogens with one attached hydrogen (secondary N) is 1. The number of rotatable bonds is 5. The molecule has 0 aliphatic heterocycles. The van der Waals surface area contributed by atoms with Crippen molar-refractivity contribution in [2.45, 2.75) is 19.8 Å². The van der Waals surface area contributed by atoms with Crippen LogP contribution in [0.4, 0.5) is 0 Å². The summed E-state index contributed by atoms with van der Waals surface area (Å²) in [6.45, 7) is 2.72. The summed E-state index contributed by atoms with van der Waals surface area (Å²) in [6.07, 6.45) is 1.99. The number of phenols is 1. The van der Waals surface area contributed by atoms with Gasteiger partial charge in [-0.3, -0.25) is 4.79 Å². The van der Waals surface area contributed by atoms with Gasteiger partial charge in [-0.05, 0) is 24.6 Å². The van der Waals surface area contributed by atoms with Gasteiger partial charge >= 0.3 is 0 Å². The number of amides is 1. The normalized spacial score (nSPS) is 9.88. The molecule has 0 aliphatic carbocycles. The lowest BCUT2D eigenvalue weighted by Gasteiger charge is -2.07. The standard InChI is InChI=1S/C12H17NO3/c1-3-4-7-13-12(15)9-5-6-11(16-2)10(14)8-9/h5-6,8,14H,3-4,7H2,1-2H3,(H,13,15). The van der Waals surface area contributed by atoms with Gasteiger partial charge in [-0.1, -0.05) is 13.3 Å². The predicted molar refractivity (Wildman–Crippen MR) is 61.9 cm³/mol. The van der Waals surface area contributed by atoms with Crippen LogP contribution in [0.3, 0.4) is 0 Å². The zero-order chi connectivity index (χ0) is 12.0. The number of aromatic hydroxyl groups is 1. The lowest BCUT2D eigenvalue weighted by molar-refractivity contribution is 0.0952. The molecule has 0 aliphatic rings. The van der Waals surface area contributed by atoms with E-state index in [0.29, 0.717) is 17.9 Å². The highest BCUT2D eigenvalue weighted by atomic mass is 16.5. The van der Waals surface area contributed by atoms with Crippen molar-refractivity contribution in [1.29, 1.82) is 0 Å².